The van der Waals surface area contributed by atoms with Crippen molar-refractivity contribution in [3.8, 4) is 11.4 Å². The second-order valence-electron chi connectivity index (χ2n) is 8.02. The predicted molar refractivity (Wildman–Crippen MR) is 103 cm³/mol. The predicted octanol–water partition coefficient (Wildman–Crippen LogP) is 3.38. The second-order valence-corrected chi connectivity index (χ2v) is 8.02. The lowest BCUT2D eigenvalue weighted by Gasteiger charge is -2.36. The van der Waals surface area contributed by atoms with Crippen LogP contribution in [0.2, 0.25) is 0 Å². The lowest BCUT2D eigenvalue weighted by Crippen LogP contribution is -2.36. The van der Waals surface area contributed by atoms with Gasteiger partial charge in [0.25, 0.3) is 0 Å². The van der Waals surface area contributed by atoms with Crippen molar-refractivity contribution in [2.75, 3.05) is 7.11 Å². The summed E-state index contributed by atoms with van der Waals surface area (Å²) in [6, 6.07) is 7.70. The first kappa shape index (κ1) is 19.1. The van der Waals surface area contributed by atoms with Crippen LogP contribution in [-0.4, -0.2) is 28.6 Å². The van der Waals surface area contributed by atoms with Gasteiger partial charge in [-0.25, -0.2) is 4.68 Å². The molecule has 0 saturated carbocycles. The van der Waals surface area contributed by atoms with Crippen molar-refractivity contribution in [2.45, 2.75) is 52.5 Å². The van der Waals surface area contributed by atoms with Crippen LogP contribution in [0, 0.1) is 5.41 Å². The molecule has 1 aromatic heterocycles. The van der Waals surface area contributed by atoms with Crippen molar-refractivity contribution in [2.24, 2.45) is 5.41 Å². The first-order valence-electron chi connectivity index (χ1n) is 9.29. The maximum absolute atomic E-state index is 12.3. The smallest absolute Gasteiger partial charge is 0.220 e. The van der Waals surface area contributed by atoms with E-state index >= 15 is 0 Å². The van der Waals surface area contributed by atoms with Crippen molar-refractivity contribution in [3.63, 3.8) is 0 Å². The largest absolute Gasteiger partial charge is 0.497 e. The van der Waals surface area contributed by atoms with Gasteiger partial charge in [0.05, 0.1) is 30.7 Å². The molecule has 0 fully saturated rings. The molecule has 1 amide bonds. The number of hydrogen-bond acceptors (Lipinski definition) is 4. The Morgan fingerprint density at radius 3 is 2.59 bits per heavy atom. The third-order valence-electron chi connectivity index (χ3n) is 5.04. The minimum absolute atomic E-state index is 0.0298. The van der Waals surface area contributed by atoms with Gasteiger partial charge in [-0.3, -0.25) is 4.79 Å². The molecule has 0 spiro atoms. The van der Waals surface area contributed by atoms with Gasteiger partial charge in [-0.05, 0) is 49.4 Å². The quantitative estimate of drug-likeness (QED) is 0.847. The number of rotatable bonds is 6. The molecule has 144 valence electrons. The van der Waals surface area contributed by atoms with Gasteiger partial charge in [0.1, 0.15) is 11.5 Å². The van der Waals surface area contributed by atoms with Crippen LogP contribution >= 0.6 is 0 Å². The summed E-state index contributed by atoms with van der Waals surface area (Å²) < 4.78 is 7.18. The Bertz CT molecular complexity index is 837. The zero-order chi connectivity index (χ0) is 19.6. The number of fused-ring (bicyclic) bond motifs is 1. The molecule has 1 atom stereocenters. The van der Waals surface area contributed by atoms with Crippen LogP contribution < -0.4 is 10.1 Å². The van der Waals surface area contributed by atoms with Gasteiger partial charge < -0.3 is 14.8 Å². The fraction of sp³-hybridized carbons (Fsp3) is 0.476. The highest BCUT2D eigenvalue weighted by Crippen LogP contribution is 2.41. The number of carbonyl (C=O) groups is 2. The van der Waals surface area contributed by atoms with Crippen LogP contribution in [0.1, 0.15) is 57.3 Å². The lowest BCUT2D eigenvalue weighted by atomic mass is 9.74. The minimum atomic E-state index is -0.0878. The molecule has 0 saturated heterocycles. The molecule has 1 heterocycles. The summed E-state index contributed by atoms with van der Waals surface area (Å²) in [5.41, 5.74) is 3.18. The molecular weight excluding hydrogens is 342 g/mol. The van der Waals surface area contributed by atoms with Crippen molar-refractivity contribution in [1.82, 2.24) is 15.1 Å². The maximum atomic E-state index is 12.3. The Morgan fingerprint density at radius 1 is 1.26 bits per heavy atom. The van der Waals surface area contributed by atoms with E-state index in [1.165, 1.54) is 6.92 Å². The van der Waals surface area contributed by atoms with Gasteiger partial charge in [0.2, 0.25) is 5.91 Å². The van der Waals surface area contributed by atoms with Crippen LogP contribution in [-0.2, 0) is 16.0 Å². The Labute approximate surface area is 159 Å². The summed E-state index contributed by atoms with van der Waals surface area (Å²) in [6.07, 6.45) is 4.09. The van der Waals surface area contributed by atoms with E-state index < -0.39 is 0 Å². The number of ketones is 1. The number of benzene rings is 1. The van der Waals surface area contributed by atoms with E-state index in [9.17, 15) is 9.59 Å². The van der Waals surface area contributed by atoms with Crippen LogP contribution in [0.4, 0.5) is 0 Å². The van der Waals surface area contributed by atoms with Crippen LogP contribution in [0.25, 0.3) is 5.69 Å². The van der Waals surface area contributed by atoms with E-state index in [0.717, 1.165) is 35.5 Å². The average Bonchev–Trinajstić information content (AvgIpc) is 3.02. The number of Topliss-reactive ketones (excluding diaryl/α,β-unsaturated/α-hetero) is 1. The van der Waals surface area contributed by atoms with E-state index in [1.807, 2.05) is 35.1 Å². The molecule has 0 aliphatic heterocycles. The van der Waals surface area contributed by atoms with Crippen molar-refractivity contribution in [1.29, 1.82) is 0 Å². The third kappa shape index (κ3) is 4.38. The van der Waals surface area contributed by atoms with Crippen molar-refractivity contribution >= 4 is 11.7 Å². The number of methoxy groups -OCH3 is 1. The molecule has 3 rings (SSSR count). The highest BCUT2D eigenvalue weighted by molar-refractivity contribution is 5.83. The molecule has 0 bridgehead atoms. The monoisotopic (exact) mass is 369 g/mol. The number of nitrogens with zero attached hydrogens (tertiary/aromatic N) is 2. The molecule has 1 N–H and O–H groups in total. The Morgan fingerprint density at radius 2 is 1.96 bits per heavy atom. The number of carbonyl (C=O) groups excluding carboxylic acids is 2. The molecule has 2 aromatic rings. The Hall–Kier alpha value is -2.63. The van der Waals surface area contributed by atoms with Crippen molar-refractivity contribution < 1.29 is 14.3 Å². The first-order chi connectivity index (χ1) is 12.8. The van der Waals surface area contributed by atoms with Crippen LogP contribution in [0.15, 0.2) is 30.5 Å². The highest BCUT2D eigenvalue weighted by Gasteiger charge is 2.35. The normalized spacial score (nSPS) is 17.9. The van der Waals surface area contributed by atoms with Gasteiger partial charge in [-0.15, -0.1) is 0 Å². The maximum Gasteiger partial charge on any atom is 0.220 e. The summed E-state index contributed by atoms with van der Waals surface area (Å²) in [4.78, 5) is 23.4. The lowest BCUT2D eigenvalue weighted by molar-refractivity contribution is -0.125. The number of aromatic nitrogens is 2. The molecule has 1 aliphatic rings. The molecule has 0 unspecified atom stereocenters. The third-order valence-corrected chi connectivity index (χ3v) is 5.04. The number of ether oxygens (including phenoxy) is 1. The highest BCUT2D eigenvalue weighted by atomic mass is 16.5. The fourth-order valence-electron chi connectivity index (χ4n) is 3.67. The average molecular weight is 369 g/mol. The Balaban J connectivity index is 1.87. The molecule has 1 aromatic carbocycles. The van der Waals surface area contributed by atoms with E-state index in [0.29, 0.717) is 0 Å². The topological polar surface area (TPSA) is 73.2 Å². The number of nitrogens with one attached hydrogen (secondary N) is 1. The standard InChI is InChI=1S/C21H27N3O3/c1-14(25)5-10-20(26)23-18-11-21(2,3)12-19-17(18)13-22-24(19)15-6-8-16(27-4)9-7-15/h6-9,13,18H,5,10-12H2,1-4H3,(H,23,26)/t18-/m1/s1. The van der Waals surface area contributed by atoms with E-state index in [1.54, 1.807) is 7.11 Å². The second kappa shape index (κ2) is 7.55. The van der Waals surface area contributed by atoms with Crippen molar-refractivity contribution in [3.05, 3.63) is 41.7 Å². The fourth-order valence-corrected chi connectivity index (χ4v) is 3.67. The van der Waals surface area contributed by atoms with Gasteiger partial charge in [0.15, 0.2) is 0 Å². The first-order valence-corrected chi connectivity index (χ1v) is 9.29. The number of amides is 1. The molecule has 6 nitrogen and oxygen atoms in total. The van der Waals surface area contributed by atoms with E-state index in [-0.39, 0.29) is 36.0 Å². The summed E-state index contributed by atoms with van der Waals surface area (Å²) >= 11 is 0. The minimum Gasteiger partial charge on any atom is -0.497 e. The molecular formula is C21H27N3O3. The molecule has 6 heteroatoms. The van der Waals surface area contributed by atoms with E-state index in [4.69, 9.17) is 4.74 Å². The molecule has 1 aliphatic carbocycles. The number of hydrogen-bond donors (Lipinski definition) is 1. The SMILES string of the molecule is COc1ccc(-n2ncc3c2CC(C)(C)C[C@H]3NC(=O)CCC(C)=O)cc1. The summed E-state index contributed by atoms with van der Waals surface area (Å²) in [6.45, 7) is 5.92. The van der Waals surface area contributed by atoms with E-state index in [2.05, 4.69) is 24.3 Å². The summed E-state index contributed by atoms with van der Waals surface area (Å²) in [7, 11) is 1.65. The zero-order valence-corrected chi connectivity index (χ0v) is 16.4. The zero-order valence-electron chi connectivity index (χ0n) is 16.4. The summed E-state index contributed by atoms with van der Waals surface area (Å²) in [5, 5.41) is 7.70. The van der Waals surface area contributed by atoms with Gasteiger partial charge in [-0.1, -0.05) is 13.8 Å². The van der Waals surface area contributed by atoms with Gasteiger partial charge in [-0.2, -0.15) is 5.10 Å². The Kier molecular flexibility index (Phi) is 5.35. The summed E-state index contributed by atoms with van der Waals surface area (Å²) in [5.74, 6) is 0.744. The molecule has 0 radical (unpaired) electrons. The van der Waals surface area contributed by atoms with Crippen LogP contribution in [0.5, 0.6) is 5.75 Å². The van der Waals surface area contributed by atoms with Gasteiger partial charge >= 0.3 is 0 Å². The molecule has 27 heavy (non-hydrogen) atoms. The van der Waals surface area contributed by atoms with Crippen LogP contribution in [0.3, 0.4) is 0 Å². The van der Waals surface area contributed by atoms with Gasteiger partial charge in [0, 0.05) is 18.4 Å².